The van der Waals surface area contributed by atoms with E-state index in [1.807, 2.05) is 31.2 Å². The summed E-state index contributed by atoms with van der Waals surface area (Å²) in [5.41, 5.74) is 3.55. The molecule has 0 saturated carbocycles. The Hall–Kier alpha value is -1.80. The van der Waals surface area contributed by atoms with Gasteiger partial charge >= 0.3 is 0 Å². The topological polar surface area (TPSA) is 29.5 Å². The molecule has 0 radical (unpaired) electrons. The van der Waals surface area contributed by atoms with Gasteiger partial charge in [0.1, 0.15) is 5.75 Å². The first-order valence-electron chi connectivity index (χ1n) is 6.56. The second-order valence-corrected chi connectivity index (χ2v) is 4.91. The van der Waals surface area contributed by atoms with E-state index in [2.05, 4.69) is 31.2 Å². The lowest BCUT2D eigenvalue weighted by atomic mass is 10.00. The zero-order valence-corrected chi connectivity index (χ0v) is 11.5. The second-order valence-electron chi connectivity index (χ2n) is 4.91. The predicted octanol–water partition coefficient (Wildman–Crippen LogP) is 3.46. The Bertz CT molecular complexity index is 500. The van der Waals surface area contributed by atoms with Gasteiger partial charge in [0.15, 0.2) is 0 Å². The third-order valence-electron chi connectivity index (χ3n) is 3.24. The first-order chi connectivity index (χ1) is 9.19. The number of aliphatic hydroxyl groups excluding tert-OH is 1. The molecule has 2 heteroatoms. The van der Waals surface area contributed by atoms with Crippen LogP contribution in [0.2, 0.25) is 0 Å². The molecule has 0 heterocycles. The van der Waals surface area contributed by atoms with Crippen LogP contribution in [0.15, 0.2) is 48.5 Å². The largest absolute Gasteiger partial charge is 0.493 e. The van der Waals surface area contributed by atoms with E-state index in [1.54, 1.807) is 0 Å². The summed E-state index contributed by atoms with van der Waals surface area (Å²) in [6.45, 7) is 4.69. The van der Waals surface area contributed by atoms with Crippen LogP contribution in [0.1, 0.15) is 22.6 Å². The summed E-state index contributed by atoms with van der Waals surface area (Å²) in [5, 5.41) is 9.49. The van der Waals surface area contributed by atoms with Gasteiger partial charge in [-0.3, -0.25) is 0 Å². The molecule has 1 atom stereocenters. The minimum Gasteiger partial charge on any atom is -0.493 e. The van der Waals surface area contributed by atoms with Crippen LogP contribution in [0, 0.1) is 13.8 Å². The molecule has 2 rings (SSSR count). The molecule has 0 aliphatic heterocycles. The zero-order chi connectivity index (χ0) is 13.7. The molecule has 19 heavy (non-hydrogen) atoms. The van der Waals surface area contributed by atoms with Crippen molar-refractivity contribution in [2.24, 2.45) is 0 Å². The van der Waals surface area contributed by atoms with Crippen molar-refractivity contribution in [3.63, 3.8) is 0 Å². The monoisotopic (exact) mass is 256 g/mol. The van der Waals surface area contributed by atoms with E-state index in [0.717, 1.165) is 11.3 Å². The molecule has 0 aliphatic rings. The van der Waals surface area contributed by atoms with E-state index in [1.165, 1.54) is 11.1 Å². The number of ether oxygens (including phenoxy) is 1. The molecule has 100 valence electrons. The lowest BCUT2D eigenvalue weighted by molar-refractivity contribution is 0.205. The van der Waals surface area contributed by atoms with Crippen molar-refractivity contribution in [2.75, 3.05) is 13.2 Å². The van der Waals surface area contributed by atoms with Gasteiger partial charge in [-0.1, -0.05) is 47.5 Å². The Morgan fingerprint density at radius 1 is 0.895 bits per heavy atom. The summed E-state index contributed by atoms with van der Waals surface area (Å²) >= 11 is 0. The van der Waals surface area contributed by atoms with Crippen molar-refractivity contribution in [1.82, 2.24) is 0 Å². The molecule has 0 fully saturated rings. The third-order valence-corrected chi connectivity index (χ3v) is 3.24. The third kappa shape index (κ3) is 3.83. The van der Waals surface area contributed by atoms with Gasteiger partial charge in [0.25, 0.3) is 0 Å². The number of aryl methyl sites for hydroxylation is 2. The van der Waals surface area contributed by atoms with E-state index >= 15 is 0 Å². The van der Waals surface area contributed by atoms with Crippen LogP contribution in [0.5, 0.6) is 5.75 Å². The van der Waals surface area contributed by atoms with Crippen molar-refractivity contribution in [3.05, 3.63) is 65.2 Å². The molecule has 0 aliphatic carbocycles. The molecular formula is C17H20O2. The normalized spacial score (nSPS) is 12.2. The van der Waals surface area contributed by atoms with Crippen LogP contribution >= 0.6 is 0 Å². The molecule has 0 bridgehead atoms. The molecule has 2 nitrogen and oxygen atoms in total. The highest BCUT2D eigenvalue weighted by molar-refractivity contribution is 5.27. The van der Waals surface area contributed by atoms with Crippen molar-refractivity contribution >= 4 is 0 Å². The van der Waals surface area contributed by atoms with Crippen LogP contribution in [-0.4, -0.2) is 18.3 Å². The lowest BCUT2D eigenvalue weighted by Gasteiger charge is -2.16. The molecule has 0 spiro atoms. The summed E-state index contributed by atoms with van der Waals surface area (Å²) in [6.07, 6.45) is 0. The number of hydrogen-bond donors (Lipinski definition) is 1. The first kappa shape index (κ1) is 13.6. The number of rotatable bonds is 5. The minimum absolute atomic E-state index is 0.0157. The maximum absolute atomic E-state index is 9.49. The van der Waals surface area contributed by atoms with Gasteiger partial charge in [-0.25, -0.2) is 0 Å². The summed E-state index contributed by atoms with van der Waals surface area (Å²) in [6, 6.07) is 16.2. The van der Waals surface area contributed by atoms with Crippen molar-refractivity contribution < 1.29 is 9.84 Å². The highest BCUT2D eigenvalue weighted by atomic mass is 16.5. The number of hydrogen-bond acceptors (Lipinski definition) is 2. The van der Waals surface area contributed by atoms with Gasteiger partial charge in [-0.15, -0.1) is 0 Å². The second kappa shape index (κ2) is 6.39. The molecular weight excluding hydrogens is 236 g/mol. The number of aliphatic hydroxyl groups is 1. The van der Waals surface area contributed by atoms with E-state index in [0.29, 0.717) is 6.61 Å². The SMILES string of the molecule is Cc1ccc(OCC(CO)c2ccc(C)cc2)cc1. The maximum atomic E-state index is 9.49. The minimum atomic E-state index is 0.0157. The smallest absolute Gasteiger partial charge is 0.119 e. The highest BCUT2D eigenvalue weighted by Gasteiger charge is 2.11. The van der Waals surface area contributed by atoms with E-state index in [9.17, 15) is 5.11 Å². The molecule has 1 N–H and O–H groups in total. The Kier molecular flexibility index (Phi) is 4.58. The maximum Gasteiger partial charge on any atom is 0.119 e. The molecule has 0 aromatic heterocycles. The molecule has 0 saturated heterocycles. The van der Waals surface area contributed by atoms with Crippen LogP contribution < -0.4 is 4.74 Å². The zero-order valence-electron chi connectivity index (χ0n) is 11.5. The van der Waals surface area contributed by atoms with Crippen LogP contribution in [0.3, 0.4) is 0 Å². The Labute approximate surface area is 114 Å². The van der Waals surface area contributed by atoms with Gasteiger partial charge in [-0.05, 0) is 31.5 Å². The van der Waals surface area contributed by atoms with Gasteiger partial charge in [0, 0.05) is 5.92 Å². The highest BCUT2D eigenvalue weighted by Crippen LogP contribution is 2.19. The van der Waals surface area contributed by atoms with Gasteiger partial charge in [0.05, 0.1) is 13.2 Å². The first-order valence-corrected chi connectivity index (χ1v) is 6.56. The Balaban J connectivity index is 1.99. The molecule has 1 unspecified atom stereocenters. The van der Waals surface area contributed by atoms with Crippen molar-refractivity contribution in [2.45, 2.75) is 19.8 Å². The molecule has 2 aromatic rings. The van der Waals surface area contributed by atoms with Crippen molar-refractivity contribution in [3.8, 4) is 5.75 Å². The van der Waals surface area contributed by atoms with Crippen LogP contribution in [-0.2, 0) is 0 Å². The van der Waals surface area contributed by atoms with Gasteiger partial charge < -0.3 is 9.84 Å². The van der Waals surface area contributed by atoms with Crippen LogP contribution in [0.25, 0.3) is 0 Å². The lowest BCUT2D eigenvalue weighted by Crippen LogP contribution is -2.14. The fourth-order valence-corrected chi connectivity index (χ4v) is 1.92. The van der Waals surface area contributed by atoms with E-state index in [-0.39, 0.29) is 12.5 Å². The fourth-order valence-electron chi connectivity index (χ4n) is 1.92. The summed E-state index contributed by atoms with van der Waals surface area (Å²) in [5.74, 6) is 0.859. The van der Waals surface area contributed by atoms with Gasteiger partial charge in [-0.2, -0.15) is 0 Å². The van der Waals surface area contributed by atoms with Gasteiger partial charge in [0.2, 0.25) is 0 Å². The average molecular weight is 256 g/mol. The fraction of sp³-hybridized carbons (Fsp3) is 0.294. The summed E-state index contributed by atoms with van der Waals surface area (Å²) in [7, 11) is 0. The summed E-state index contributed by atoms with van der Waals surface area (Å²) in [4.78, 5) is 0. The quantitative estimate of drug-likeness (QED) is 0.887. The predicted molar refractivity (Wildman–Crippen MR) is 77.7 cm³/mol. The Morgan fingerprint density at radius 2 is 1.42 bits per heavy atom. The van der Waals surface area contributed by atoms with E-state index < -0.39 is 0 Å². The van der Waals surface area contributed by atoms with E-state index in [4.69, 9.17) is 4.74 Å². The summed E-state index contributed by atoms with van der Waals surface area (Å²) < 4.78 is 5.74. The Morgan fingerprint density at radius 3 is 1.95 bits per heavy atom. The number of benzene rings is 2. The average Bonchev–Trinajstić information content (AvgIpc) is 2.43. The van der Waals surface area contributed by atoms with Crippen LogP contribution in [0.4, 0.5) is 0 Å². The molecule has 0 amide bonds. The molecule has 2 aromatic carbocycles. The standard InChI is InChI=1S/C17H20O2/c1-13-3-7-15(8-4-13)16(11-18)12-19-17-9-5-14(2)6-10-17/h3-10,16,18H,11-12H2,1-2H3. The van der Waals surface area contributed by atoms with Crippen molar-refractivity contribution in [1.29, 1.82) is 0 Å².